The number of hydrogen-bond donors (Lipinski definition) is 1. The first-order valence-corrected chi connectivity index (χ1v) is 6.55. The van der Waals surface area contributed by atoms with Gasteiger partial charge < -0.3 is 4.74 Å². The van der Waals surface area contributed by atoms with Crippen LogP contribution in [0.4, 0.5) is 5.95 Å². The molecule has 106 valence electrons. The van der Waals surface area contributed by atoms with Crippen LogP contribution in [-0.2, 0) is 6.54 Å². The second kappa shape index (κ2) is 6.65. The summed E-state index contributed by atoms with van der Waals surface area (Å²) in [5.74, 6) is 0.739. The van der Waals surface area contributed by atoms with Crippen LogP contribution in [0, 0.1) is 0 Å². The maximum Gasteiger partial charge on any atom is 0.258 e. The molecule has 1 aromatic heterocycles. The summed E-state index contributed by atoms with van der Waals surface area (Å²) in [4.78, 5) is 12.1. The standard InChI is InChI=1S/C13H17N5O2/c1-3-8-20-11-7-5-6-10(9-11)12(19)14-13-15-16-17-18(13)4-2/h5-7,9H,3-4,8H2,1-2H3,(H,14,15,17,19). The van der Waals surface area contributed by atoms with E-state index in [-0.39, 0.29) is 5.91 Å². The zero-order valence-electron chi connectivity index (χ0n) is 11.5. The van der Waals surface area contributed by atoms with Crippen LogP contribution >= 0.6 is 0 Å². The Labute approximate surface area is 116 Å². The van der Waals surface area contributed by atoms with Crippen LogP contribution in [0.3, 0.4) is 0 Å². The van der Waals surface area contributed by atoms with Gasteiger partial charge >= 0.3 is 0 Å². The minimum atomic E-state index is -0.267. The molecule has 1 aromatic carbocycles. The molecule has 0 spiro atoms. The molecule has 0 aliphatic carbocycles. The smallest absolute Gasteiger partial charge is 0.258 e. The number of amides is 1. The topological polar surface area (TPSA) is 81.9 Å². The highest BCUT2D eigenvalue weighted by Gasteiger charge is 2.11. The van der Waals surface area contributed by atoms with Gasteiger partial charge in [0.15, 0.2) is 0 Å². The van der Waals surface area contributed by atoms with E-state index in [4.69, 9.17) is 4.74 Å². The lowest BCUT2D eigenvalue weighted by atomic mass is 10.2. The van der Waals surface area contributed by atoms with E-state index in [0.29, 0.717) is 30.4 Å². The summed E-state index contributed by atoms with van der Waals surface area (Å²) < 4.78 is 7.01. The first kappa shape index (κ1) is 14.0. The van der Waals surface area contributed by atoms with Crippen LogP contribution < -0.4 is 10.1 Å². The predicted octanol–water partition coefficient (Wildman–Crippen LogP) is 1.73. The number of ether oxygens (including phenoxy) is 1. The van der Waals surface area contributed by atoms with Gasteiger partial charge in [-0.1, -0.05) is 18.1 Å². The molecule has 0 aliphatic heterocycles. The number of anilines is 1. The molecule has 0 unspecified atom stereocenters. The van der Waals surface area contributed by atoms with Crippen molar-refractivity contribution in [2.45, 2.75) is 26.8 Å². The Kier molecular flexibility index (Phi) is 4.65. The van der Waals surface area contributed by atoms with Gasteiger partial charge in [0.1, 0.15) is 5.75 Å². The average Bonchev–Trinajstić information content (AvgIpc) is 2.92. The molecule has 20 heavy (non-hydrogen) atoms. The number of aromatic nitrogens is 4. The van der Waals surface area contributed by atoms with Gasteiger partial charge in [-0.2, -0.15) is 0 Å². The molecule has 2 aromatic rings. The first-order valence-electron chi connectivity index (χ1n) is 6.55. The fourth-order valence-corrected chi connectivity index (χ4v) is 1.63. The number of carbonyl (C=O) groups excluding carboxylic acids is 1. The van der Waals surface area contributed by atoms with E-state index in [1.165, 1.54) is 4.68 Å². The SMILES string of the molecule is CCCOc1cccc(C(=O)Nc2nnnn2CC)c1. The highest BCUT2D eigenvalue weighted by Crippen LogP contribution is 2.14. The van der Waals surface area contributed by atoms with E-state index in [0.717, 1.165) is 6.42 Å². The lowest BCUT2D eigenvalue weighted by Crippen LogP contribution is -2.16. The predicted molar refractivity (Wildman–Crippen MR) is 73.7 cm³/mol. The molecule has 1 heterocycles. The Hall–Kier alpha value is -2.44. The second-order valence-corrected chi connectivity index (χ2v) is 4.15. The summed E-state index contributed by atoms with van der Waals surface area (Å²) in [5, 5.41) is 13.7. The van der Waals surface area contributed by atoms with Crippen molar-refractivity contribution in [2.75, 3.05) is 11.9 Å². The third-order valence-corrected chi connectivity index (χ3v) is 2.63. The molecule has 0 saturated heterocycles. The van der Waals surface area contributed by atoms with Gasteiger partial charge in [-0.05, 0) is 42.0 Å². The fraction of sp³-hybridized carbons (Fsp3) is 0.385. The molecule has 0 radical (unpaired) electrons. The van der Waals surface area contributed by atoms with Crippen LogP contribution in [-0.4, -0.2) is 32.7 Å². The molecule has 1 N–H and O–H groups in total. The molecule has 0 atom stereocenters. The number of rotatable bonds is 6. The number of nitrogens with zero attached hydrogens (tertiary/aromatic N) is 4. The molecule has 1 amide bonds. The van der Waals surface area contributed by atoms with Crippen LogP contribution in [0.15, 0.2) is 24.3 Å². The van der Waals surface area contributed by atoms with E-state index in [1.807, 2.05) is 19.9 Å². The summed E-state index contributed by atoms with van der Waals surface area (Å²) in [7, 11) is 0. The molecule has 0 fully saturated rings. The van der Waals surface area contributed by atoms with Crippen molar-refractivity contribution in [2.24, 2.45) is 0 Å². The maximum atomic E-state index is 12.1. The molecular formula is C13H17N5O2. The van der Waals surface area contributed by atoms with Crippen LogP contribution in [0.1, 0.15) is 30.6 Å². The molecule has 7 nitrogen and oxygen atoms in total. The first-order chi connectivity index (χ1) is 9.74. The quantitative estimate of drug-likeness (QED) is 0.868. The number of hydrogen-bond acceptors (Lipinski definition) is 5. The lowest BCUT2D eigenvalue weighted by molar-refractivity contribution is 0.102. The zero-order chi connectivity index (χ0) is 14.4. The van der Waals surface area contributed by atoms with Crippen LogP contribution in [0.2, 0.25) is 0 Å². The third kappa shape index (κ3) is 3.31. The van der Waals surface area contributed by atoms with Crippen LogP contribution in [0.25, 0.3) is 0 Å². The van der Waals surface area contributed by atoms with Gasteiger partial charge in [0.2, 0.25) is 5.95 Å². The Morgan fingerprint density at radius 1 is 1.40 bits per heavy atom. The summed E-state index contributed by atoms with van der Waals surface area (Å²) >= 11 is 0. The highest BCUT2D eigenvalue weighted by molar-refractivity contribution is 6.03. The number of tetrazole rings is 1. The van der Waals surface area contributed by atoms with Gasteiger partial charge in [-0.25, -0.2) is 4.68 Å². The molecule has 0 saturated carbocycles. The summed E-state index contributed by atoms with van der Waals surface area (Å²) in [5.41, 5.74) is 0.504. The Bertz CT molecular complexity index is 582. The minimum Gasteiger partial charge on any atom is -0.494 e. The van der Waals surface area contributed by atoms with E-state index in [1.54, 1.807) is 18.2 Å². The Morgan fingerprint density at radius 2 is 2.25 bits per heavy atom. The number of benzene rings is 1. The number of nitrogens with one attached hydrogen (secondary N) is 1. The highest BCUT2D eigenvalue weighted by atomic mass is 16.5. The summed E-state index contributed by atoms with van der Waals surface area (Å²) in [6.45, 7) is 5.13. The van der Waals surface area contributed by atoms with E-state index < -0.39 is 0 Å². The van der Waals surface area contributed by atoms with Gasteiger partial charge in [0, 0.05) is 12.1 Å². The van der Waals surface area contributed by atoms with Crippen molar-refractivity contribution in [1.29, 1.82) is 0 Å². The van der Waals surface area contributed by atoms with Crippen molar-refractivity contribution in [3.05, 3.63) is 29.8 Å². The van der Waals surface area contributed by atoms with Crippen molar-refractivity contribution >= 4 is 11.9 Å². The maximum absolute atomic E-state index is 12.1. The Morgan fingerprint density at radius 3 is 3.00 bits per heavy atom. The zero-order valence-corrected chi connectivity index (χ0v) is 11.5. The minimum absolute atomic E-state index is 0.267. The summed E-state index contributed by atoms with van der Waals surface area (Å²) in [6.07, 6.45) is 0.918. The lowest BCUT2D eigenvalue weighted by Gasteiger charge is -2.07. The van der Waals surface area contributed by atoms with Gasteiger partial charge in [-0.3, -0.25) is 10.1 Å². The average molecular weight is 275 g/mol. The van der Waals surface area contributed by atoms with E-state index in [2.05, 4.69) is 20.8 Å². The Balaban J connectivity index is 2.09. The van der Waals surface area contributed by atoms with Crippen molar-refractivity contribution in [3.8, 4) is 5.75 Å². The number of carbonyl (C=O) groups is 1. The largest absolute Gasteiger partial charge is 0.494 e. The normalized spacial score (nSPS) is 10.3. The molecule has 0 aliphatic rings. The third-order valence-electron chi connectivity index (χ3n) is 2.63. The van der Waals surface area contributed by atoms with Crippen LogP contribution in [0.5, 0.6) is 5.75 Å². The monoisotopic (exact) mass is 275 g/mol. The number of aryl methyl sites for hydroxylation is 1. The molecule has 7 heteroatoms. The van der Waals surface area contributed by atoms with Gasteiger partial charge in [0.05, 0.1) is 6.61 Å². The van der Waals surface area contributed by atoms with Crippen molar-refractivity contribution in [1.82, 2.24) is 20.2 Å². The fourth-order valence-electron chi connectivity index (χ4n) is 1.63. The van der Waals surface area contributed by atoms with Crippen molar-refractivity contribution < 1.29 is 9.53 Å². The summed E-state index contributed by atoms with van der Waals surface area (Å²) in [6, 6.07) is 7.02. The van der Waals surface area contributed by atoms with Gasteiger partial charge in [-0.15, -0.1) is 0 Å². The van der Waals surface area contributed by atoms with Gasteiger partial charge in [0.25, 0.3) is 5.91 Å². The molecule has 0 bridgehead atoms. The molecular weight excluding hydrogens is 258 g/mol. The van der Waals surface area contributed by atoms with Crippen molar-refractivity contribution in [3.63, 3.8) is 0 Å². The van der Waals surface area contributed by atoms with E-state index >= 15 is 0 Å². The van der Waals surface area contributed by atoms with E-state index in [9.17, 15) is 4.79 Å². The second-order valence-electron chi connectivity index (χ2n) is 4.15. The molecule has 2 rings (SSSR count).